The number of carbonyl (C=O) groups excluding carboxylic acids is 1. The Labute approximate surface area is 159 Å². The lowest BCUT2D eigenvalue weighted by Crippen LogP contribution is -2.16. The summed E-state index contributed by atoms with van der Waals surface area (Å²) < 4.78 is 25.4. The summed E-state index contributed by atoms with van der Waals surface area (Å²) >= 11 is 0. The molecular formula is C20H18FN3O4. The number of hydrogen-bond acceptors (Lipinski definition) is 5. The predicted molar refractivity (Wildman–Crippen MR) is 101 cm³/mol. The molecule has 0 atom stereocenters. The van der Waals surface area contributed by atoms with Gasteiger partial charge in [0.2, 0.25) is 0 Å². The van der Waals surface area contributed by atoms with Crippen molar-refractivity contribution in [3.63, 3.8) is 0 Å². The van der Waals surface area contributed by atoms with E-state index in [0.717, 1.165) is 18.9 Å². The van der Waals surface area contributed by atoms with Crippen molar-refractivity contribution in [3.8, 4) is 11.5 Å². The third-order valence-electron chi connectivity index (χ3n) is 4.58. The lowest BCUT2D eigenvalue weighted by atomic mass is 10.1. The number of nitrogens with one attached hydrogen (secondary N) is 2. The molecule has 1 saturated carbocycles. The average Bonchev–Trinajstić information content (AvgIpc) is 3.52. The molecule has 8 heteroatoms. The Hall–Kier alpha value is -3.42. The summed E-state index contributed by atoms with van der Waals surface area (Å²) in [5.74, 6) is 0.181. The molecule has 0 saturated heterocycles. The van der Waals surface area contributed by atoms with Crippen molar-refractivity contribution in [3.05, 3.63) is 58.4 Å². The summed E-state index contributed by atoms with van der Waals surface area (Å²) in [5.41, 5.74) is -0.0726. The molecule has 0 radical (unpaired) electrons. The first-order valence-corrected chi connectivity index (χ1v) is 8.84. The van der Waals surface area contributed by atoms with Crippen molar-refractivity contribution in [2.45, 2.75) is 12.8 Å². The lowest BCUT2D eigenvalue weighted by Gasteiger charge is -2.13. The van der Waals surface area contributed by atoms with E-state index in [1.165, 1.54) is 19.5 Å². The molecule has 144 valence electrons. The highest BCUT2D eigenvalue weighted by atomic mass is 19.1. The number of H-pyrrole nitrogens is 1. The van der Waals surface area contributed by atoms with Crippen LogP contribution in [0, 0.1) is 11.7 Å². The Morgan fingerprint density at radius 1 is 1.32 bits per heavy atom. The number of ether oxygens (including phenoxy) is 2. The van der Waals surface area contributed by atoms with Crippen LogP contribution in [0.4, 0.5) is 10.1 Å². The monoisotopic (exact) mass is 383 g/mol. The molecule has 28 heavy (non-hydrogen) atoms. The molecule has 1 aliphatic rings. The molecule has 4 rings (SSSR count). The normalized spacial score (nSPS) is 13.4. The molecule has 1 aromatic heterocycles. The smallest absolute Gasteiger partial charge is 0.259 e. The highest BCUT2D eigenvalue weighted by molar-refractivity contribution is 6.07. The van der Waals surface area contributed by atoms with Gasteiger partial charge in [0.05, 0.1) is 42.2 Å². The van der Waals surface area contributed by atoms with Crippen molar-refractivity contribution in [2.24, 2.45) is 5.92 Å². The first-order valence-electron chi connectivity index (χ1n) is 8.84. The first-order chi connectivity index (χ1) is 13.5. The summed E-state index contributed by atoms with van der Waals surface area (Å²) in [5, 5.41) is 2.69. The van der Waals surface area contributed by atoms with Crippen molar-refractivity contribution in [2.75, 3.05) is 19.0 Å². The third kappa shape index (κ3) is 3.66. The molecule has 3 aromatic rings. The molecule has 0 unspecified atom stereocenters. The Bertz CT molecular complexity index is 1110. The topological polar surface area (TPSA) is 93.3 Å². The number of halogens is 1. The van der Waals surface area contributed by atoms with Crippen LogP contribution >= 0.6 is 0 Å². The standard InChI is InChI=1S/C20H18FN3O4/c1-27-12-4-5-13(18(6-12)28-9-11-2-3-11)20(26)24-17-7-14-16(8-15(17)21)22-10-23-19(14)25/h4-8,10-11H,2-3,9H2,1H3,(H,24,26)(H,22,23,25). The van der Waals surface area contributed by atoms with Gasteiger partial charge in [-0.1, -0.05) is 0 Å². The van der Waals surface area contributed by atoms with Crippen LogP contribution in [0.25, 0.3) is 10.9 Å². The van der Waals surface area contributed by atoms with Gasteiger partial charge in [-0.05, 0) is 37.0 Å². The van der Waals surface area contributed by atoms with Gasteiger partial charge in [-0.25, -0.2) is 9.37 Å². The maximum absolute atomic E-state index is 14.4. The Morgan fingerprint density at radius 2 is 2.14 bits per heavy atom. The molecule has 0 spiro atoms. The first kappa shape index (κ1) is 18.0. The van der Waals surface area contributed by atoms with Crippen molar-refractivity contribution in [1.82, 2.24) is 9.97 Å². The molecule has 1 heterocycles. The van der Waals surface area contributed by atoms with E-state index in [-0.39, 0.29) is 22.2 Å². The van der Waals surface area contributed by atoms with Gasteiger partial charge in [0.15, 0.2) is 0 Å². The van der Waals surface area contributed by atoms with Crippen LogP contribution in [0.15, 0.2) is 41.5 Å². The number of amides is 1. The van der Waals surface area contributed by atoms with Crippen LogP contribution in [0.5, 0.6) is 11.5 Å². The Morgan fingerprint density at radius 3 is 2.89 bits per heavy atom. The second-order valence-corrected chi connectivity index (χ2v) is 6.65. The van der Waals surface area contributed by atoms with Crippen LogP contribution in [-0.2, 0) is 0 Å². The number of methoxy groups -OCH3 is 1. The molecule has 1 amide bonds. The van der Waals surface area contributed by atoms with Crippen LogP contribution in [0.1, 0.15) is 23.2 Å². The molecule has 1 aliphatic carbocycles. The zero-order valence-electron chi connectivity index (χ0n) is 15.1. The molecule has 0 aliphatic heterocycles. The molecule has 2 N–H and O–H groups in total. The van der Waals surface area contributed by atoms with E-state index in [2.05, 4.69) is 15.3 Å². The van der Waals surface area contributed by atoms with E-state index in [0.29, 0.717) is 24.0 Å². The van der Waals surface area contributed by atoms with E-state index in [1.807, 2.05) is 0 Å². The number of nitrogens with zero attached hydrogens (tertiary/aromatic N) is 1. The lowest BCUT2D eigenvalue weighted by molar-refractivity contribution is 0.102. The fraction of sp³-hybridized carbons (Fsp3) is 0.250. The number of aromatic nitrogens is 2. The van der Waals surface area contributed by atoms with Crippen molar-refractivity contribution < 1.29 is 18.7 Å². The maximum Gasteiger partial charge on any atom is 0.259 e. The quantitative estimate of drug-likeness (QED) is 0.682. The van der Waals surface area contributed by atoms with Gasteiger partial charge in [-0.3, -0.25) is 9.59 Å². The number of hydrogen-bond donors (Lipinski definition) is 2. The minimum absolute atomic E-state index is 0.111. The van der Waals surface area contributed by atoms with Crippen LogP contribution < -0.4 is 20.3 Å². The molecule has 7 nitrogen and oxygen atoms in total. The Kier molecular flexibility index (Phi) is 4.68. The average molecular weight is 383 g/mol. The zero-order valence-corrected chi connectivity index (χ0v) is 15.1. The minimum Gasteiger partial charge on any atom is -0.497 e. The van der Waals surface area contributed by atoms with Crippen LogP contribution in [-0.4, -0.2) is 29.6 Å². The van der Waals surface area contributed by atoms with E-state index in [9.17, 15) is 14.0 Å². The van der Waals surface area contributed by atoms with Crippen LogP contribution in [0.2, 0.25) is 0 Å². The van der Waals surface area contributed by atoms with Gasteiger partial charge in [0.25, 0.3) is 11.5 Å². The Balaban J connectivity index is 1.64. The second-order valence-electron chi connectivity index (χ2n) is 6.65. The minimum atomic E-state index is -0.687. The summed E-state index contributed by atoms with van der Waals surface area (Å²) in [7, 11) is 1.52. The largest absolute Gasteiger partial charge is 0.497 e. The number of carbonyl (C=O) groups is 1. The molecular weight excluding hydrogens is 365 g/mol. The highest BCUT2D eigenvalue weighted by Gasteiger charge is 2.24. The SMILES string of the molecule is COc1ccc(C(=O)Nc2cc3c(=O)[nH]cnc3cc2F)c(OCC2CC2)c1. The summed E-state index contributed by atoms with van der Waals surface area (Å²) in [6.07, 6.45) is 3.41. The fourth-order valence-electron chi connectivity index (χ4n) is 2.80. The molecule has 2 aromatic carbocycles. The van der Waals surface area contributed by atoms with Gasteiger partial charge in [0.1, 0.15) is 17.3 Å². The second kappa shape index (κ2) is 7.30. The van der Waals surface area contributed by atoms with Crippen molar-refractivity contribution in [1.29, 1.82) is 0 Å². The number of rotatable bonds is 6. The highest BCUT2D eigenvalue weighted by Crippen LogP contribution is 2.32. The fourth-order valence-corrected chi connectivity index (χ4v) is 2.80. The molecule has 1 fully saturated rings. The van der Waals surface area contributed by atoms with E-state index in [4.69, 9.17) is 9.47 Å². The third-order valence-corrected chi connectivity index (χ3v) is 4.58. The summed E-state index contributed by atoms with van der Waals surface area (Å²) in [4.78, 5) is 31.0. The van der Waals surface area contributed by atoms with Gasteiger partial charge < -0.3 is 19.8 Å². The van der Waals surface area contributed by atoms with E-state index in [1.54, 1.807) is 18.2 Å². The number of benzene rings is 2. The number of anilines is 1. The maximum atomic E-state index is 14.4. The van der Waals surface area contributed by atoms with Crippen LogP contribution in [0.3, 0.4) is 0 Å². The van der Waals surface area contributed by atoms with E-state index < -0.39 is 17.3 Å². The summed E-state index contributed by atoms with van der Waals surface area (Å²) in [6.45, 7) is 0.513. The number of aromatic amines is 1. The summed E-state index contributed by atoms with van der Waals surface area (Å²) in [6, 6.07) is 7.19. The van der Waals surface area contributed by atoms with Gasteiger partial charge in [0, 0.05) is 12.1 Å². The zero-order chi connectivity index (χ0) is 19.7. The van der Waals surface area contributed by atoms with E-state index >= 15 is 0 Å². The molecule has 0 bridgehead atoms. The van der Waals surface area contributed by atoms with Gasteiger partial charge in [-0.15, -0.1) is 0 Å². The van der Waals surface area contributed by atoms with Gasteiger partial charge >= 0.3 is 0 Å². The number of fused-ring (bicyclic) bond motifs is 1. The van der Waals surface area contributed by atoms with Crippen molar-refractivity contribution >= 4 is 22.5 Å². The van der Waals surface area contributed by atoms with Gasteiger partial charge in [-0.2, -0.15) is 0 Å². The predicted octanol–water partition coefficient (Wildman–Crippen LogP) is 3.11.